The Morgan fingerprint density at radius 2 is 1.36 bits per heavy atom. The molecule has 3 aromatic rings. The van der Waals surface area contributed by atoms with Gasteiger partial charge < -0.3 is 9.64 Å². The predicted octanol–water partition coefficient (Wildman–Crippen LogP) is 6.65. The van der Waals surface area contributed by atoms with Crippen LogP contribution < -0.4 is 4.74 Å². The van der Waals surface area contributed by atoms with Crippen LogP contribution in [0, 0.1) is 23.2 Å². The zero-order chi connectivity index (χ0) is 27.1. The second-order valence-electron chi connectivity index (χ2n) is 10.9. The molecule has 0 amide bonds. The fraction of sp³-hybridized carbons (Fsp3) is 0.424. The molecule has 0 bridgehead atoms. The van der Waals surface area contributed by atoms with Crippen molar-refractivity contribution in [1.82, 2.24) is 4.90 Å². The maximum atomic E-state index is 12.8. The van der Waals surface area contributed by atoms with Crippen molar-refractivity contribution in [2.75, 3.05) is 26.2 Å². The van der Waals surface area contributed by atoms with E-state index in [9.17, 15) is 13.7 Å². The second kappa shape index (κ2) is 12.4. The molecule has 1 unspecified atom stereocenters. The standard InChI is InChI=1S/C33H38N2O3S/c34-26-33(28-12-7-8-13-28,27-10-3-1-4-11-27)29-20-23-35(24-21-29)22-9-25-38-30-16-18-32(19-17-30)39(36,37)31-14-5-2-6-15-31/h1-6,10-11,14-19,28-29H,7-9,12-13,20-25H2. The minimum absolute atomic E-state index is 0.269. The Bertz CT molecular complexity index is 1340. The maximum Gasteiger partial charge on any atom is 0.206 e. The molecule has 1 heterocycles. The Balaban J connectivity index is 1.11. The lowest BCUT2D eigenvalue weighted by molar-refractivity contribution is 0.114. The number of sulfone groups is 1. The average molecular weight is 543 g/mol. The lowest BCUT2D eigenvalue weighted by Gasteiger charge is -2.44. The molecular weight excluding hydrogens is 504 g/mol. The van der Waals surface area contributed by atoms with Gasteiger partial charge in [-0.3, -0.25) is 0 Å². The highest BCUT2D eigenvalue weighted by Crippen LogP contribution is 2.49. The molecule has 2 aliphatic rings. The molecular formula is C33H38N2O3S. The third kappa shape index (κ3) is 5.90. The fourth-order valence-electron chi connectivity index (χ4n) is 6.69. The van der Waals surface area contributed by atoms with Gasteiger partial charge in [-0.15, -0.1) is 0 Å². The summed E-state index contributed by atoms with van der Waals surface area (Å²) >= 11 is 0. The molecule has 1 saturated carbocycles. The third-order valence-corrected chi connectivity index (χ3v) is 10.5. The van der Waals surface area contributed by atoms with Gasteiger partial charge in [0.1, 0.15) is 5.75 Å². The van der Waals surface area contributed by atoms with Gasteiger partial charge in [-0.2, -0.15) is 5.26 Å². The van der Waals surface area contributed by atoms with Gasteiger partial charge in [-0.25, -0.2) is 8.42 Å². The largest absolute Gasteiger partial charge is 0.494 e. The molecule has 0 spiro atoms. The van der Waals surface area contributed by atoms with Gasteiger partial charge in [-0.1, -0.05) is 61.4 Å². The molecule has 1 aliphatic heterocycles. The number of rotatable bonds is 10. The molecule has 1 aliphatic carbocycles. The van der Waals surface area contributed by atoms with E-state index >= 15 is 0 Å². The first-order valence-corrected chi connectivity index (χ1v) is 15.7. The molecule has 6 heteroatoms. The summed E-state index contributed by atoms with van der Waals surface area (Å²) in [6.45, 7) is 3.57. The molecule has 1 saturated heterocycles. The van der Waals surface area contributed by atoms with Crippen LogP contribution >= 0.6 is 0 Å². The van der Waals surface area contributed by atoms with E-state index in [1.54, 1.807) is 54.6 Å². The third-order valence-electron chi connectivity index (χ3n) is 8.74. The number of benzene rings is 3. The van der Waals surface area contributed by atoms with Crippen molar-refractivity contribution in [2.45, 2.75) is 60.2 Å². The van der Waals surface area contributed by atoms with Crippen molar-refractivity contribution in [3.05, 3.63) is 90.5 Å². The Morgan fingerprint density at radius 1 is 0.795 bits per heavy atom. The average Bonchev–Trinajstić information content (AvgIpc) is 3.53. The number of nitrogens with zero attached hydrogens (tertiary/aromatic N) is 2. The van der Waals surface area contributed by atoms with E-state index in [1.165, 1.54) is 31.2 Å². The first-order valence-electron chi connectivity index (χ1n) is 14.3. The number of hydrogen-bond donors (Lipinski definition) is 0. The summed E-state index contributed by atoms with van der Waals surface area (Å²) in [5, 5.41) is 10.6. The molecule has 0 radical (unpaired) electrons. The molecule has 3 aromatic carbocycles. The zero-order valence-corrected chi connectivity index (χ0v) is 23.4. The SMILES string of the molecule is N#CC(c1ccccc1)(C1CCCC1)C1CCN(CCCOc2ccc(S(=O)(=O)c3ccccc3)cc2)CC1. The van der Waals surface area contributed by atoms with Gasteiger partial charge in [-0.05, 0) is 99.0 Å². The van der Waals surface area contributed by atoms with Crippen LogP contribution in [0.1, 0.15) is 50.5 Å². The van der Waals surface area contributed by atoms with Crippen molar-refractivity contribution in [3.63, 3.8) is 0 Å². The summed E-state index contributed by atoms with van der Waals surface area (Å²) in [6, 6.07) is 28.6. The van der Waals surface area contributed by atoms with Crippen LogP contribution in [0.25, 0.3) is 0 Å². The molecule has 5 nitrogen and oxygen atoms in total. The summed E-state index contributed by atoms with van der Waals surface area (Å²) in [7, 11) is -3.52. The Morgan fingerprint density at radius 3 is 1.97 bits per heavy atom. The summed E-state index contributed by atoms with van der Waals surface area (Å²) < 4.78 is 31.5. The van der Waals surface area contributed by atoms with E-state index < -0.39 is 9.84 Å². The first kappa shape index (κ1) is 27.4. The van der Waals surface area contributed by atoms with E-state index in [0.29, 0.717) is 29.1 Å². The molecule has 2 fully saturated rings. The topological polar surface area (TPSA) is 70.4 Å². The summed E-state index contributed by atoms with van der Waals surface area (Å²) in [6.07, 6.45) is 7.82. The smallest absolute Gasteiger partial charge is 0.206 e. The molecule has 39 heavy (non-hydrogen) atoms. The van der Waals surface area contributed by atoms with Crippen molar-refractivity contribution in [1.29, 1.82) is 5.26 Å². The van der Waals surface area contributed by atoms with Gasteiger partial charge in [0.15, 0.2) is 0 Å². The normalized spacial score (nSPS) is 18.8. The van der Waals surface area contributed by atoms with Crippen molar-refractivity contribution in [2.24, 2.45) is 11.8 Å². The molecule has 204 valence electrons. The fourth-order valence-corrected chi connectivity index (χ4v) is 7.97. The highest BCUT2D eigenvalue weighted by atomic mass is 32.2. The Labute approximate surface area is 233 Å². The van der Waals surface area contributed by atoms with E-state index in [2.05, 4.69) is 35.2 Å². The van der Waals surface area contributed by atoms with Crippen LogP contribution in [0.15, 0.2) is 94.7 Å². The number of nitriles is 1. The van der Waals surface area contributed by atoms with Crippen LogP contribution in [0.2, 0.25) is 0 Å². The van der Waals surface area contributed by atoms with Crippen LogP contribution in [0.5, 0.6) is 5.75 Å². The highest BCUT2D eigenvalue weighted by molar-refractivity contribution is 7.91. The summed E-state index contributed by atoms with van der Waals surface area (Å²) in [5.74, 6) is 1.54. The predicted molar refractivity (Wildman–Crippen MR) is 153 cm³/mol. The van der Waals surface area contributed by atoms with Crippen molar-refractivity contribution in [3.8, 4) is 11.8 Å². The van der Waals surface area contributed by atoms with E-state index in [-0.39, 0.29) is 10.3 Å². The number of piperidine rings is 1. The first-order chi connectivity index (χ1) is 19.0. The quantitative estimate of drug-likeness (QED) is 0.268. The number of ether oxygens (including phenoxy) is 1. The summed E-state index contributed by atoms with van der Waals surface area (Å²) in [5.41, 5.74) is 0.849. The van der Waals surface area contributed by atoms with Gasteiger partial charge in [0, 0.05) is 6.54 Å². The van der Waals surface area contributed by atoms with Crippen LogP contribution in [-0.4, -0.2) is 39.6 Å². The van der Waals surface area contributed by atoms with Crippen LogP contribution in [0.4, 0.5) is 0 Å². The van der Waals surface area contributed by atoms with E-state index in [4.69, 9.17) is 4.74 Å². The van der Waals surface area contributed by atoms with Gasteiger partial charge in [0.2, 0.25) is 9.84 Å². The van der Waals surface area contributed by atoms with Gasteiger partial charge >= 0.3 is 0 Å². The second-order valence-corrected chi connectivity index (χ2v) is 12.9. The number of hydrogen-bond acceptors (Lipinski definition) is 5. The maximum absolute atomic E-state index is 12.8. The lowest BCUT2D eigenvalue weighted by atomic mass is 9.60. The van der Waals surface area contributed by atoms with E-state index in [0.717, 1.165) is 38.9 Å². The highest BCUT2D eigenvalue weighted by Gasteiger charge is 2.48. The minimum atomic E-state index is -3.52. The van der Waals surface area contributed by atoms with Gasteiger partial charge in [0.25, 0.3) is 0 Å². The van der Waals surface area contributed by atoms with Crippen molar-refractivity contribution >= 4 is 9.84 Å². The van der Waals surface area contributed by atoms with Crippen molar-refractivity contribution < 1.29 is 13.2 Å². The molecule has 0 aromatic heterocycles. The Hall–Kier alpha value is -3.14. The monoisotopic (exact) mass is 542 g/mol. The van der Waals surface area contributed by atoms with Gasteiger partial charge in [0.05, 0.1) is 27.9 Å². The van der Waals surface area contributed by atoms with E-state index in [1.807, 2.05) is 6.07 Å². The Kier molecular flexibility index (Phi) is 8.69. The van der Waals surface area contributed by atoms with Crippen LogP contribution in [0.3, 0.4) is 0 Å². The molecule has 5 rings (SSSR count). The molecule has 0 N–H and O–H groups in total. The molecule has 1 atom stereocenters. The van der Waals surface area contributed by atoms with Crippen LogP contribution in [-0.2, 0) is 15.3 Å². The number of likely N-dealkylation sites (tertiary alicyclic amines) is 1. The summed E-state index contributed by atoms with van der Waals surface area (Å²) in [4.78, 5) is 3.06. The zero-order valence-electron chi connectivity index (χ0n) is 22.5. The lowest BCUT2D eigenvalue weighted by Crippen LogP contribution is -2.46. The minimum Gasteiger partial charge on any atom is -0.494 e.